The second kappa shape index (κ2) is 6.96. The number of ether oxygens (including phenoxy) is 1. The number of carbonyl (C=O) groups excluding carboxylic acids is 2. The number of carbonyl (C=O) groups is 2. The highest BCUT2D eigenvalue weighted by Crippen LogP contribution is 2.09. The Morgan fingerprint density at radius 2 is 2.24 bits per heavy atom. The molecule has 0 aliphatic rings. The van der Waals surface area contributed by atoms with Gasteiger partial charge in [0.15, 0.2) is 5.76 Å². The number of alkyl halides is 1. The van der Waals surface area contributed by atoms with Gasteiger partial charge in [-0.25, -0.2) is 0 Å². The van der Waals surface area contributed by atoms with Crippen LogP contribution in [0.1, 0.15) is 29.2 Å². The van der Waals surface area contributed by atoms with Crippen LogP contribution in [0.4, 0.5) is 0 Å². The number of halogens is 1. The molecule has 94 valence electrons. The van der Waals surface area contributed by atoms with Gasteiger partial charge in [-0.15, -0.1) is 11.6 Å². The number of rotatable bonds is 6. The van der Waals surface area contributed by atoms with E-state index in [4.69, 9.17) is 16.0 Å². The van der Waals surface area contributed by atoms with Crippen LogP contribution in [-0.4, -0.2) is 25.5 Å². The molecule has 1 heterocycles. The van der Waals surface area contributed by atoms with Crippen molar-refractivity contribution >= 4 is 23.5 Å². The number of amides is 1. The maximum Gasteiger partial charge on any atom is 0.305 e. The number of furan rings is 1. The van der Waals surface area contributed by atoms with Crippen LogP contribution in [0.15, 0.2) is 16.5 Å². The SMILES string of the molecule is COC(=O)CCCNC(=O)c1ccc(CCl)o1. The summed E-state index contributed by atoms with van der Waals surface area (Å²) in [6, 6.07) is 3.21. The lowest BCUT2D eigenvalue weighted by atomic mass is 10.3. The first-order valence-electron chi connectivity index (χ1n) is 5.17. The molecule has 0 saturated heterocycles. The van der Waals surface area contributed by atoms with Gasteiger partial charge >= 0.3 is 5.97 Å². The van der Waals surface area contributed by atoms with Crippen LogP contribution in [0.2, 0.25) is 0 Å². The molecule has 1 amide bonds. The van der Waals surface area contributed by atoms with Gasteiger partial charge in [0.05, 0.1) is 13.0 Å². The van der Waals surface area contributed by atoms with Crippen molar-refractivity contribution in [1.29, 1.82) is 0 Å². The molecule has 1 aromatic rings. The number of hydrogen-bond donors (Lipinski definition) is 1. The molecule has 0 fully saturated rings. The maximum atomic E-state index is 11.5. The van der Waals surface area contributed by atoms with Crippen molar-refractivity contribution in [2.45, 2.75) is 18.7 Å². The number of nitrogens with one attached hydrogen (secondary N) is 1. The van der Waals surface area contributed by atoms with E-state index < -0.39 is 0 Å². The number of esters is 1. The van der Waals surface area contributed by atoms with Crippen molar-refractivity contribution in [3.8, 4) is 0 Å². The van der Waals surface area contributed by atoms with Gasteiger partial charge in [0.25, 0.3) is 5.91 Å². The summed E-state index contributed by atoms with van der Waals surface area (Å²) in [5.41, 5.74) is 0. The first kappa shape index (κ1) is 13.6. The average molecular weight is 260 g/mol. The fourth-order valence-corrected chi connectivity index (χ4v) is 1.34. The minimum Gasteiger partial charge on any atom is -0.469 e. The molecule has 0 spiro atoms. The van der Waals surface area contributed by atoms with Crippen molar-refractivity contribution in [2.24, 2.45) is 0 Å². The molecule has 5 nitrogen and oxygen atoms in total. The lowest BCUT2D eigenvalue weighted by Crippen LogP contribution is -2.24. The topological polar surface area (TPSA) is 68.5 Å². The molecule has 1 N–H and O–H groups in total. The van der Waals surface area contributed by atoms with Crippen molar-refractivity contribution in [1.82, 2.24) is 5.32 Å². The summed E-state index contributed by atoms with van der Waals surface area (Å²) in [6.45, 7) is 0.394. The Balaban J connectivity index is 2.27. The average Bonchev–Trinajstić information content (AvgIpc) is 2.82. The van der Waals surface area contributed by atoms with E-state index in [1.165, 1.54) is 7.11 Å². The van der Waals surface area contributed by atoms with Crippen LogP contribution in [-0.2, 0) is 15.4 Å². The van der Waals surface area contributed by atoms with E-state index in [1.54, 1.807) is 12.1 Å². The van der Waals surface area contributed by atoms with E-state index >= 15 is 0 Å². The molecule has 0 saturated carbocycles. The van der Waals surface area contributed by atoms with Crippen LogP contribution in [0.5, 0.6) is 0 Å². The van der Waals surface area contributed by atoms with Crippen LogP contribution < -0.4 is 5.32 Å². The molecule has 0 bridgehead atoms. The zero-order chi connectivity index (χ0) is 12.7. The predicted octanol–water partition coefficient (Wildman–Crippen LogP) is 1.70. The van der Waals surface area contributed by atoms with E-state index in [9.17, 15) is 9.59 Å². The first-order chi connectivity index (χ1) is 8.17. The largest absolute Gasteiger partial charge is 0.469 e. The molecular formula is C11H14ClNO4. The van der Waals surface area contributed by atoms with E-state index in [0.717, 1.165) is 0 Å². The Morgan fingerprint density at radius 3 is 2.82 bits per heavy atom. The summed E-state index contributed by atoms with van der Waals surface area (Å²) in [6.07, 6.45) is 0.809. The molecule has 17 heavy (non-hydrogen) atoms. The highest BCUT2D eigenvalue weighted by atomic mass is 35.5. The van der Waals surface area contributed by atoms with Crippen molar-refractivity contribution in [3.63, 3.8) is 0 Å². The van der Waals surface area contributed by atoms with Crippen LogP contribution in [0.25, 0.3) is 0 Å². The van der Waals surface area contributed by atoms with Crippen molar-refractivity contribution < 1.29 is 18.7 Å². The smallest absolute Gasteiger partial charge is 0.305 e. The van der Waals surface area contributed by atoms with Gasteiger partial charge < -0.3 is 14.5 Å². The molecule has 0 aliphatic heterocycles. The fraction of sp³-hybridized carbons (Fsp3) is 0.455. The second-order valence-electron chi connectivity index (χ2n) is 3.34. The number of methoxy groups -OCH3 is 1. The zero-order valence-corrected chi connectivity index (χ0v) is 10.3. The Labute approximate surface area is 104 Å². The van der Waals surface area contributed by atoms with Gasteiger partial charge in [-0.2, -0.15) is 0 Å². The summed E-state index contributed by atoms with van der Waals surface area (Å²) in [4.78, 5) is 22.3. The quantitative estimate of drug-likeness (QED) is 0.480. The summed E-state index contributed by atoms with van der Waals surface area (Å²) in [5, 5.41) is 2.63. The Kier molecular flexibility index (Phi) is 5.56. The maximum absolute atomic E-state index is 11.5. The molecule has 1 aromatic heterocycles. The lowest BCUT2D eigenvalue weighted by molar-refractivity contribution is -0.140. The number of hydrogen-bond acceptors (Lipinski definition) is 4. The van der Waals surface area contributed by atoms with Gasteiger partial charge in [-0.1, -0.05) is 0 Å². The Bertz CT molecular complexity index is 389. The standard InChI is InChI=1S/C11H14ClNO4/c1-16-10(14)3-2-6-13-11(15)9-5-4-8(7-12)17-9/h4-5H,2-3,6-7H2,1H3,(H,13,15). The summed E-state index contributed by atoms with van der Waals surface area (Å²) >= 11 is 5.55. The molecule has 0 unspecified atom stereocenters. The Morgan fingerprint density at radius 1 is 1.47 bits per heavy atom. The Hall–Kier alpha value is -1.49. The van der Waals surface area contributed by atoms with Crippen LogP contribution >= 0.6 is 11.6 Å². The fourth-order valence-electron chi connectivity index (χ4n) is 1.20. The monoisotopic (exact) mass is 259 g/mol. The summed E-state index contributed by atoms with van der Waals surface area (Å²) < 4.78 is 9.63. The van der Waals surface area contributed by atoms with Crippen molar-refractivity contribution in [3.05, 3.63) is 23.7 Å². The van der Waals surface area contributed by atoms with Crippen LogP contribution in [0.3, 0.4) is 0 Å². The molecule has 0 radical (unpaired) electrons. The van der Waals surface area contributed by atoms with Gasteiger partial charge in [0.1, 0.15) is 5.76 Å². The van der Waals surface area contributed by atoms with E-state index in [0.29, 0.717) is 18.7 Å². The first-order valence-corrected chi connectivity index (χ1v) is 5.70. The van der Waals surface area contributed by atoms with E-state index in [-0.39, 0.29) is 29.9 Å². The molecule has 0 aromatic carbocycles. The highest BCUT2D eigenvalue weighted by molar-refractivity contribution is 6.16. The van der Waals surface area contributed by atoms with Gasteiger partial charge in [-0.3, -0.25) is 9.59 Å². The third kappa shape index (κ3) is 4.48. The minimum atomic E-state index is -0.314. The molecule has 0 aliphatic carbocycles. The predicted molar refractivity (Wildman–Crippen MR) is 61.8 cm³/mol. The molecular weight excluding hydrogens is 246 g/mol. The van der Waals surface area contributed by atoms with Crippen molar-refractivity contribution in [2.75, 3.05) is 13.7 Å². The molecule has 6 heteroatoms. The lowest BCUT2D eigenvalue weighted by Gasteiger charge is -2.02. The van der Waals surface area contributed by atoms with Gasteiger partial charge in [0, 0.05) is 13.0 Å². The summed E-state index contributed by atoms with van der Waals surface area (Å²) in [7, 11) is 1.33. The minimum absolute atomic E-state index is 0.221. The molecule has 0 atom stereocenters. The third-order valence-electron chi connectivity index (χ3n) is 2.09. The normalized spacial score (nSPS) is 10.0. The van der Waals surface area contributed by atoms with E-state index in [1.807, 2.05) is 0 Å². The second-order valence-corrected chi connectivity index (χ2v) is 3.60. The summed E-state index contributed by atoms with van der Waals surface area (Å²) in [5.74, 6) is 0.397. The molecule has 1 rings (SSSR count). The highest BCUT2D eigenvalue weighted by Gasteiger charge is 2.10. The zero-order valence-electron chi connectivity index (χ0n) is 9.49. The third-order valence-corrected chi connectivity index (χ3v) is 2.35. The van der Waals surface area contributed by atoms with Gasteiger partial charge in [-0.05, 0) is 18.6 Å². The van der Waals surface area contributed by atoms with E-state index in [2.05, 4.69) is 10.1 Å². The van der Waals surface area contributed by atoms with Gasteiger partial charge in [0.2, 0.25) is 0 Å². The van der Waals surface area contributed by atoms with Crippen LogP contribution in [0, 0.1) is 0 Å².